The molecule has 5 nitrogen and oxygen atoms in total. The van der Waals surface area contributed by atoms with Crippen LogP contribution in [0.25, 0.3) is 0 Å². The summed E-state index contributed by atoms with van der Waals surface area (Å²) in [4.78, 5) is 4.45. The number of rotatable bonds is 6. The molecule has 2 heterocycles. The quantitative estimate of drug-likeness (QED) is 0.867. The summed E-state index contributed by atoms with van der Waals surface area (Å²) in [5, 5.41) is 7.35. The lowest BCUT2D eigenvalue weighted by atomic mass is 10.1. The van der Waals surface area contributed by atoms with Crippen LogP contribution in [0.4, 0.5) is 0 Å². The first-order valence-electron chi connectivity index (χ1n) is 6.95. The van der Waals surface area contributed by atoms with E-state index in [-0.39, 0.29) is 0 Å². The highest BCUT2D eigenvalue weighted by Gasteiger charge is 2.29. The molecular formula is C14H20N4O. The molecule has 0 aliphatic heterocycles. The lowest BCUT2D eigenvalue weighted by Gasteiger charge is -2.11. The van der Waals surface area contributed by atoms with Crippen LogP contribution in [-0.2, 0) is 6.54 Å². The fourth-order valence-electron chi connectivity index (χ4n) is 2.36. The van der Waals surface area contributed by atoms with Gasteiger partial charge in [-0.15, -0.1) is 0 Å². The molecule has 1 saturated carbocycles. The monoisotopic (exact) mass is 260 g/mol. The average Bonchev–Trinajstić information content (AvgIpc) is 3.00. The fraction of sp³-hybridized carbons (Fsp3) is 0.571. The van der Waals surface area contributed by atoms with Crippen molar-refractivity contribution in [3.8, 4) is 0 Å². The molecule has 2 aromatic heterocycles. The second-order valence-corrected chi connectivity index (χ2v) is 5.19. The molecule has 1 N–H and O–H groups in total. The van der Waals surface area contributed by atoms with Gasteiger partial charge in [0.25, 0.3) is 0 Å². The molecule has 5 heteroatoms. The zero-order valence-corrected chi connectivity index (χ0v) is 11.5. The maximum Gasteiger partial charge on any atom is 0.229 e. The Hall–Kier alpha value is -1.62. The Bertz CT molecular complexity index is 537. The van der Waals surface area contributed by atoms with Crippen molar-refractivity contribution in [2.75, 3.05) is 7.05 Å². The van der Waals surface area contributed by atoms with Crippen molar-refractivity contribution < 1.29 is 4.52 Å². The predicted molar refractivity (Wildman–Crippen MR) is 71.9 cm³/mol. The maximum atomic E-state index is 5.27. The zero-order valence-electron chi connectivity index (χ0n) is 11.5. The second kappa shape index (κ2) is 5.17. The third-order valence-electron chi connectivity index (χ3n) is 3.67. The van der Waals surface area contributed by atoms with Gasteiger partial charge in [-0.25, -0.2) is 0 Å². The molecule has 0 saturated heterocycles. The average molecular weight is 260 g/mol. The summed E-state index contributed by atoms with van der Waals surface area (Å²) in [5.41, 5.74) is 1.30. The molecule has 2 aromatic rings. The van der Waals surface area contributed by atoms with Crippen molar-refractivity contribution in [3.63, 3.8) is 0 Å². The van der Waals surface area contributed by atoms with Gasteiger partial charge in [0, 0.05) is 24.4 Å². The lowest BCUT2D eigenvalue weighted by molar-refractivity contribution is 0.373. The van der Waals surface area contributed by atoms with E-state index >= 15 is 0 Å². The summed E-state index contributed by atoms with van der Waals surface area (Å²) in [6.07, 6.45) is 7.68. The molecule has 0 amide bonds. The minimum Gasteiger partial charge on any atom is -0.346 e. The van der Waals surface area contributed by atoms with Gasteiger partial charge in [-0.05, 0) is 37.9 Å². The molecule has 0 radical (unpaired) electrons. The standard InChI is InChI=1S/C14H20N4O/c1-3-12(15-2)11-6-7-18(8-11)9-13-16-14(19-17-13)10-4-5-10/h6-8,10,12,15H,3-5,9H2,1-2H3. The number of nitrogens with zero attached hydrogens (tertiary/aromatic N) is 3. The summed E-state index contributed by atoms with van der Waals surface area (Å²) in [6.45, 7) is 2.86. The summed E-state index contributed by atoms with van der Waals surface area (Å²) in [7, 11) is 1.99. The van der Waals surface area contributed by atoms with Crippen molar-refractivity contribution in [2.45, 2.75) is 44.7 Å². The maximum absolute atomic E-state index is 5.27. The van der Waals surface area contributed by atoms with E-state index in [4.69, 9.17) is 4.52 Å². The normalized spacial score (nSPS) is 16.7. The van der Waals surface area contributed by atoms with E-state index in [2.05, 4.69) is 45.4 Å². The van der Waals surface area contributed by atoms with Gasteiger partial charge < -0.3 is 14.4 Å². The van der Waals surface area contributed by atoms with Crippen LogP contribution < -0.4 is 5.32 Å². The molecule has 0 spiro atoms. The summed E-state index contributed by atoms with van der Waals surface area (Å²) >= 11 is 0. The number of nitrogens with one attached hydrogen (secondary N) is 1. The van der Waals surface area contributed by atoms with Gasteiger partial charge in [-0.3, -0.25) is 0 Å². The van der Waals surface area contributed by atoms with Crippen LogP contribution in [-0.4, -0.2) is 21.8 Å². The summed E-state index contributed by atoms with van der Waals surface area (Å²) in [6, 6.07) is 2.56. The topological polar surface area (TPSA) is 55.9 Å². The van der Waals surface area contributed by atoms with E-state index in [0.29, 0.717) is 18.5 Å². The van der Waals surface area contributed by atoms with Crippen molar-refractivity contribution in [2.24, 2.45) is 0 Å². The molecular weight excluding hydrogens is 240 g/mol. The predicted octanol–water partition coefficient (Wildman–Crippen LogP) is 2.47. The van der Waals surface area contributed by atoms with Gasteiger partial charge in [0.15, 0.2) is 5.82 Å². The zero-order chi connectivity index (χ0) is 13.2. The second-order valence-electron chi connectivity index (χ2n) is 5.19. The molecule has 1 atom stereocenters. The highest BCUT2D eigenvalue weighted by atomic mass is 16.5. The van der Waals surface area contributed by atoms with Gasteiger partial charge in [-0.2, -0.15) is 4.98 Å². The third kappa shape index (κ3) is 2.71. The summed E-state index contributed by atoms with van der Waals surface area (Å²) in [5.74, 6) is 2.10. The van der Waals surface area contributed by atoms with Gasteiger partial charge in [-0.1, -0.05) is 12.1 Å². The van der Waals surface area contributed by atoms with Crippen LogP contribution in [0.1, 0.15) is 55.4 Å². The molecule has 102 valence electrons. The number of hydrogen-bond donors (Lipinski definition) is 1. The first-order valence-corrected chi connectivity index (χ1v) is 6.95. The lowest BCUT2D eigenvalue weighted by Crippen LogP contribution is -2.14. The number of aromatic nitrogens is 3. The van der Waals surface area contributed by atoms with E-state index in [0.717, 1.165) is 18.1 Å². The van der Waals surface area contributed by atoms with Crippen LogP contribution in [0.15, 0.2) is 23.0 Å². The van der Waals surface area contributed by atoms with Crippen molar-refractivity contribution in [1.29, 1.82) is 0 Å². The SMILES string of the molecule is CCC(NC)c1ccn(Cc2noc(C3CC3)n2)c1. The van der Waals surface area contributed by atoms with Crippen LogP contribution in [0.5, 0.6) is 0 Å². The Morgan fingerprint density at radius 2 is 2.37 bits per heavy atom. The van der Waals surface area contributed by atoms with Gasteiger partial charge in [0.1, 0.15) is 0 Å². The van der Waals surface area contributed by atoms with Gasteiger partial charge in [0.2, 0.25) is 5.89 Å². The van der Waals surface area contributed by atoms with Crippen molar-refractivity contribution in [3.05, 3.63) is 35.7 Å². The van der Waals surface area contributed by atoms with Gasteiger partial charge >= 0.3 is 0 Å². The van der Waals surface area contributed by atoms with Crippen molar-refractivity contribution in [1.82, 2.24) is 20.0 Å². The molecule has 3 rings (SSSR count). The Morgan fingerprint density at radius 3 is 3.05 bits per heavy atom. The number of hydrogen-bond acceptors (Lipinski definition) is 4. The fourth-order valence-corrected chi connectivity index (χ4v) is 2.36. The van der Waals surface area contributed by atoms with E-state index in [1.165, 1.54) is 18.4 Å². The molecule has 0 aromatic carbocycles. The van der Waals surface area contributed by atoms with E-state index in [1.807, 2.05) is 7.05 Å². The van der Waals surface area contributed by atoms with Crippen LogP contribution in [0, 0.1) is 0 Å². The van der Waals surface area contributed by atoms with E-state index < -0.39 is 0 Å². The van der Waals surface area contributed by atoms with E-state index in [9.17, 15) is 0 Å². The van der Waals surface area contributed by atoms with Crippen LogP contribution in [0.3, 0.4) is 0 Å². The molecule has 19 heavy (non-hydrogen) atoms. The summed E-state index contributed by atoms with van der Waals surface area (Å²) < 4.78 is 7.38. The molecule has 1 aliphatic carbocycles. The smallest absolute Gasteiger partial charge is 0.229 e. The van der Waals surface area contributed by atoms with Gasteiger partial charge in [0.05, 0.1) is 6.54 Å². The first-order chi connectivity index (χ1) is 9.30. The minimum atomic E-state index is 0.411. The largest absolute Gasteiger partial charge is 0.346 e. The minimum absolute atomic E-state index is 0.411. The van der Waals surface area contributed by atoms with E-state index in [1.54, 1.807) is 0 Å². The molecule has 1 aliphatic rings. The molecule has 1 fully saturated rings. The molecule has 0 bridgehead atoms. The Balaban J connectivity index is 1.68. The third-order valence-corrected chi connectivity index (χ3v) is 3.67. The highest BCUT2D eigenvalue weighted by molar-refractivity contribution is 5.16. The Labute approximate surface area is 113 Å². The Morgan fingerprint density at radius 1 is 1.53 bits per heavy atom. The van der Waals surface area contributed by atoms with Crippen molar-refractivity contribution >= 4 is 0 Å². The highest BCUT2D eigenvalue weighted by Crippen LogP contribution is 2.38. The Kier molecular flexibility index (Phi) is 3.38. The molecule has 1 unspecified atom stereocenters. The van der Waals surface area contributed by atoms with Crippen LogP contribution >= 0.6 is 0 Å². The first kappa shape index (κ1) is 12.4. The van der Waals surface area contributed by atoms with Crippen LogP contribution in [0.2, 0.25) is 0 Å².